The van der Waals surface area contributed by atoms with Gasteiger partial charge < -0.3 is 0 Å². The summed E-state index contributed by atoms with van der Waals surface area (Å²) < 4.78 is 0. The number of aromatic nitrogens is 6. The number of hydrogen-bond donors (Lipinski definition) is 0. The van der Waals surface area contributed by atoms with Crippen molar-refractivity contribution in [3.63, 3.8) is 0 Å². The van der Waals surface area contributed by atoms with E-state index in [0.717, 1.165) is 33.0 Å². The van der Waals surface area contributed by atoms with Crippen molar-refractivity contribution in [3.8, 4) is 34.2 Å². The number of fused-ring (bicyclic) bond motifs is 5. The molecular formula is C38H22N6. The predicted octanol–water partition coefficient (Wildman–Crippen LogP) is 8.82. The molecule has 0 atom stereocenters. The highest BCUT2D eigenvalue weighted by molar-refractivity contribution is 6.01. The number of rotatable bonds is 3. The first-order valence-corrected chi connectivity index (χ1v) is 14.4. The molecule has 204 valence electrons. The van der Waals surface area contributed by atoms with Gasteiger partial charge in [-0.05, 0) is 97.7 Å². The van der Waals surface area contributed by atoms with Crippen LogP contribution in [0.4, 0.5) is 0 Å². The molecule has 0 aliphatic carbocycles. The first-order valence-electron chi connectivity index (χ1n) is 14.4. The Balaban J connectivity index is 1.24. The van der Waals surface area contributed by atoms with Crippen molar-refractivity contribution < 1.29 is 0 Å². The van der Waals surface area contributed by atoms with Crippen LogP contribution < -0.4 is 0 Å². The van der Waals surface area contributed by atoms with Crippen molar-refractivity contribution in [3.05, 3.63) is 134 Å². The SMILES string of the molecule is c1ccc2cc3cc(-c4nc(-c5ccc6cc7ccccc7cc6c5)nc(-c5ccc6ncnnc6c5)n4)ccc3cc2c1. The average molecular weight is 563 g/mol. The van der Waals surface area contributed by atoms with Gasteiger partial charge >= 0.3 is 0 Å². The molecule has 6 heteroatoms. The maximum absolute atomic E-state index is 5.04. The highest BCUT2D eigenvalue weighted by Gasteiger charge is 2.14. The normalized spacial score (nSPS) is 11.6. The number of benzene rings is 7. The van der Waals surface area contributed by atoms with Crippen LogP contribution in [-0.4, -0.2) is 30.1 Å². The summed E-state index contributed by atoms with van der Waals surface area (Å²) in [5.41, 5.74) is 4.12. The van der Waals surface area contributed by atoms with Crippen molar-refractivity contribution >= 4 is 54.1 Å². The fourth-order valence-corrected chi connectivity index (χ4v) is 5.95. The molecule has 9 aromatic rings. The van der Waals surface area contributed by atoms with E-state index in [2.05, 4.69) is 124 Å². The second kappa shape index (κ2) is 9.71. The van der Waals surface area contributed by atoms with Gasteiger partial charge in [-0.1, -0.05) is 72.8 Å². The lowest BCUT2D eigenvalue weighted by atomic mass is 10.0. The summed E-state index contributed by atoms with van der Waals surface area (Å²) in [7, 11) is 0. The Morgan fingerprint density at radius 2 is 0.773 bits per heavy atom. The third-order valence-corrected chi connectivity index (χ3v) is 8.21. The third kappa shape index (κ3) is 4.20. The van der Waals surface area contributed by atoms with Crippen molar-refractivity contribution in [1.29, 1.82) is 0 Å². The molecule has 9 rings (SSSR count). The van der Waals surface area contributed by atoms with Gasteiger partial charge in [-0.25, -0.2) is 19.9 Å². The fourth-order valence-electron chi connectivity index (χ4n) is 5.95. The highest BCUT2D eigenvalue weighted by Crippen LogP contribution is 2.31. The van der Waals surface area contributed by atoms with E-state index >= 15 is 0 Å². The van der Waals surface area contributed by atoms with E-state index in [0.29, 0.717) is 23.0 Å². The Kier molecular flexibility index (Phi) is 5.40. The molecule has 0 amide bonds. The second-order valence-electron chi connectivity index (χ2n) is 11.0. The van der Waals surface area contributed by atoms with E-state index in [1.165, 1.54) is 38.6 Å². The summed E-state index contributed by atoms with van der Waals surface area (Å²) in [6, 6.07) is 44.3. The van der Waals surface area contributed by atoms with Crippen molar-refractivity contribution in [2.45, 2.75) is 0 Å². The molecule has 0 radical (unpaired) electrons. The van der Waals surface area contributed by atoms with Gasteiger partial charge in [0.25, 0.3) is 0 Å². The van der Waals surface area contributed by atoms with Crippen LogP contribution in [0.15, 0.2) is 134 Å². The molecule has 0 N–H and O–H groups in total. The fraction of sp³-hybridized carbons (Fsp3) is 0. The van der Waals surface area contributed by atoms with Crippen LogP contribution in [0.3, 0.4) is 0 Å². The van der Waals surface area contributed by atoms with Gasteiger partial charge in [0.15, 0.2) is 17.5 Å². The lowest BCUT2D eigenvalue weighted by Crippen LogP contribution is -2.00. The maximum atomic E-state index is 5.04. The van der Waals surface area contributed by atoms with Gasteiger partial charge in [0, 0.05) is 16.7 Å². The third-order valence-electron chi connectivity index (χ3n) is 8.21. The van der Waals surface area contributed by atoms with Gasteiger partial charge in [0.05, 0.1) is 5.52 Å². The Morgan fingerprint density at radius 1 is 0.341 bits per heavy atom. The lowest BCUT2D eigenvalue weighted by molar-refractivity contribution is 1.02. The van der Waals surface area contributed by atoms with Crippen LogP contribution >= 0.6 is 0 Å². The first kappa shape index (κ1) is 24.5. The topological polar surface area (TPSA) is 77.3 Å². The molecule has 0 bridgehead atoms. The molecule has 2 aromatic heterocycles. The zero-order chi connectivity index (χ0) is 29.0. The molecule has 0 fully saturated rings. The molecule has 2 heterocycles. The average Bonchev–Trinajstić information content (AvgIpc) is 3.09. The molecule has 7 aromatic carbocycles. The van der Waals surface area contributed by atoms with Gasteiger partial charge in [0.2, 0.25) is 0 Å². The molecule has 0 unspecified atom stereocenters. The van der Waals surface area contributed by atoms with E-state index in [1.54, 1.807) is 0 Å². The summed E-state index contributed by atoms with van der Waals surface area (Å²) in [5, 5.41) is 17.7. The Morgan fingerprint density at radius 3 is 1.30 bits per heavy atom. The second-order valence-corrected chi connectivity index (χ2v) is 11.0. The maximum Gasteiger partial charge on any atom is 0.164 e. The smallest absolute Gasteiger partial charge is 0.164 e. The van der Waals surface area contributed by atoms with Crippen LogP contribution in [-0.2, 0) is 0 Å². The Hall–Kier alpha value is -6.14. The summed E-state index contributed by atoms with van der Waals surface area (Å²) in [5.74, 6) is 1.78. The van der Waals surface area contributed by atoms with E-state index < -0.39 is 0 Å². The molecular weight excluding hydrogens is 540 g/mol. The minimum absolute atomic E-state index is 0.565. The van der Waals surface area contributed by atoms with Gasteiger partial charge in [-0.2, -0.15) is 0 Å². The summed E-state index contributed by atoms with van der Waals surface area (Å²) >= 11 is 0. The number of nitrogens with zero attached hydrogens (tertiary/aromatic N) is 6. The molecule has 0 aliphatic heterocycles. The van der Waals surface area contributed by atoms with Gasteiger partial charge in [0.1, 0.15) is 11.8 Å². The van der Waals surface area contributed by atoms with Gasteiger partial charge in [-0.3, -0.25) is 0 Å². The van der Waals surface area contributed by atoms with Crippen LogP contribution in [0.2, 0.25) is 0 Å². The van der Waals surface area contributed by atoms with E-state index in [-0.39, 0.29) is 0 Å². The summed E-state index contributed by atoms with van der Waals surface area (Å²) in [4.78, 5) is 19.3. The minimum Gasteiger partial charge on any atom is -0.233 e. The van der Waals surface area contributed by atoms with E-state index in [9.17, 15) is 0 Å². The highest BCUT2D eigenvalue weighted by atomic mass is 15.1. The van der Waals surface area contributed by atoms with Crippen LogP contribution in [0, 0.1) is 0 Å². The minimum atomic E-state index is 0.565. The van der Waals surface area contributed by atoms with Crippen LogP contribution in [0.1, 0.15) is 0 Å². The van der Waals surface area contributed by atoms with Crippen molar-refractivity contribution in [1.82, 2.24) is 30.1 Å². The zero-order valence-corrected chi connectivity index (χ0v) is 23.4. The predicted molar refractivity (Wildman–Crippen MR) is 177 cm³/mol. The van der Waals surface area contributed by atoms with Crippen LogP contribution in [0.25, 0.3) is 88.3 Å². The molecule has 6 nitrogen and oxygen atoms in total. The summed E-state index contributed by atoms with van der Waals surface area (Å²) in [6.45, 7) is 0. The molecule has 0 saturated carbocycles. The molecule has 44 heavy (non-hydrogen) atoms. The standard InChI is InChI=1S/C38H22N6/c1-3-7-25-17-32-19-29(11-9-27(32)15-23(25)5-1)36-41-37(43-38(42-36)31-13-14-34-35(21-31)44-40-22-39-34)30-12-10-28-16-24-6-2-4-8-26(24)18-33(28)20-30/h1-22H. The largest absolute Gasteiger partial charge is 0.233 e. The van der Waals surface area contributed by atoms with E-state index in [1.807, 2.05) is 18.2 Å². The van der Waals surface area contributed by atoms with Crippen molar-refractivity contribution in [2.24, 2.45) is 0 Å². The molecule has 0 aliphatic rings. The molecule has 0 spiro atoms. The molecule has 0 saturated heterocycles. The first-order chi connectivity index (χ1) is 21.7. The Bertz CT molecular complexity index is 2440. The van der Waals surface area contributed by atoms with E-state index in [4.69, 9.17) is 15.0 Å². The van der Waals surface area contributed by atoms with Crippen LogP contribution in [0.5, 0.6) is 0 Å². The summed E-state index contributed by atoms with van der Waals surface area (Å²) in [6.07, 6.45) is 1.45. The lowest BCUT2D eigenvalue weighted by Gasteiger charge is -2.11. The zero-order valence-electron chi connectivity index (χ0n) is 23.4. The number of hydrogen-bond acceptors (Lipinski definition) is 6. The van der Waals surface area contributed by atoms with Gasteiger partial charge in [-0.15, -0.1) is 10.2 Å². The quantitative estimate of drug-likeness (QED) is 0.200. The monoisotopic (exact) mass is 562 g/mol. The van der Waals surface area contributed by atoms with Crippen molar-refractivity contribution in [2.75, 3.05) is 0 Å². The Labute approximate surface area is 251 Å².